The first-order valence-electron chi connectivity index (χ1n) is 6.03. The molecule has 0 spiro atoms. The molecule has 88 valence electrons. The lowest BCUT2D eigenvalue weighted by Gasteiger charge is -2.29. The normalized spacial score (nSPS) is 19.7. The zero-order valence-electron chi connectivity index (χ0n) is 9.91. The molecular weight excluding hydrogens is 190 g/mol. The number of aliphatic carboxylic acids is 1. The van der Waals surface area contributed by atoms with Crippen LogP contribution in [0.5, 0.6) is 0 Å². The molecule has 0 saturated heterocycles. The van der Waals surface area contributed by atoms with Crippen LogP contribution in [0.3, 0.4) is 0 Å². The van der Waals surface area contributed by atoms with Gasteiger partial charge in [0.2, 0.25) is 0 Å². The Hall–Kier alpha value is -0.570. The van der Waals surface area contributed by atoms with E-state index in [4.69, 9.17) is 5.11 Å². The van der Waals surface area contributed by atoms with E-state index in [0.29, 0.717) is 12.5 Å². The number of rotatable bonds is 6. The molecule has 0 aromatic carbocycles. The quantitative estimate of drug-likeness (QED) is 0.736. The first-order chi connectivity index (χ1) is 7.11. The highest BCUT2D eigenvalue weighted by Gasteiger charge is 2.23. The van der Waals surface area contributed by atoms with Crippen molar-refractivity contribution in [2.24, 2.45) is 5.92 Å². The smallest absolute Gasteiger partial charge is 0.303 e. The standard InChI is InChI=1S/C12H23NO2/c1-10(11-6-3-4-7-11)13(2)9-5-8-12(14)15/h10-11H,3-9H2,1-2H3,(H,14,15). The molecule has 0 aromatic rings. The SMILES string of the molecule is CC(C1CCCC1)N(C)CCCC(=O)O. The fourth-order valence-electron chi connectivity index (χ4n) is 2.48. The van der Waals surface area contributed by atoms with Crippen LogP contribution < -0.4 is 0 Å². The second-order valence-corrected chi connectivity index (χ2v) is 4.76. The topological polar surface area (TPSA) is 40.5 Å². The number of carboxylic acids is 1. The zero-order chi connectivity index (χ0) is 11.3. The van der Waals surface area contributed by atoms with Crippen molar-refractivity contribution in [2.45, 2.75) is 51.5 Å². The molecule has 0 heterocycles. The summed E-state index contributed by atoms with van der Waals surface area (Å²) in [5.74, 6) is 0.150. The Balaban J connectivity index is 2.19. The summed E-state index contributed by atoms with van der Waals surface area (Å²) in [4.78, 5) is 12.7. The van der Waals surface area contributed by atoms with Gasteiger partial charge in [-0.3, -0.25) is 4.79 Å². The summed E-state index contributed by atoms with van der Waals surface area (Å²) in [6.07, 6.45) is 6.51. The minimum atomic E-state index is -0.683. The van der Waals surface area contributed by atoms with Crippen molar-refractivity contribution in [1.82, 2.24) is 4.90 Å². The van der Waals surface area contributed by atoms with Gasteiger partial charge in [-0.1, -0.05) is 12.8 Å². The van der Waals surface area contributed by atoms with Crippen LogP contribution in [0.15, 0.2) is 0 Å². The van der Waals surface area contributed by atoms with E-state index in [1.165, 1.54) is 25.7 Å². The minimum Gasteiger partial charge on any atom is -0.481 e. The predicted molar refractivity (Wildman–Crippen MR) is 60.9 cm³/mol. The maximum absolute atomic E-state index is 10.4. The zero-order valence-corrected chi connectivity index (χ0v) is 9.91. The Morgan fingerprint density at radius 3 is 2.60 bits per heavy atom. The monoisotopic (exact) mass is 213 g/mol. The molecular formula is C12H23NO2. The Bertz CT molecular complexity index is 200. The van der Waals surface area contributed by atoms with Gasteiger partial charge in [-0.15, -0.1) is 0 Å². The van der Waals surface area contributed by atoms with E-state index in [1.54, 1.807) is 0 Å². The first kappa shape index (κ1) is 12.5. The molecule has 1 N–H and O–H groups in total. The van der Waals surface area contributed by atoms with E-state index in [9.17, 15) is 4.79 Å². The first-order valence-corrected chi connectivity index (χ1v) is 6.03. The number of nitrogens with zero attached hydrogens (tertiary/aromatic N) is 1. The molecule has 1 saturated carbocycles. The molecule has 15 heavy (non-hydrogen) atoms. The fourth-order valence-corrected chi connectivity index (χ4v) is 2.48. The van der Waals surface area contributed by atoms with Gasteiger partial charge in [-0.05, 0) is 45.7 Å². The molecule has 1 unspecified atom stereocenters. The third-order valence-electron chi connectivity index (χ3n) is 3.68. The third kappa shape index (κ3) is 4.20. The van der Waals surface area contributed by atoms with Crippen molar-refractivity contribution in [1.29, 1.82) is 0 Å². The van der Waals surface area contributed by atoms with Gasteiger partial charge in [-0.25, -0.2) is 0 Å². The van der Waals surface area contributed by atoms with Crippen LogP contribution in [0.4, 0.5) is 0 Å². The van der Waals surface area contributed by atoms with Gasteiger partial charge in [0.25, 0.3) is 0 Å². The van der Waals surface area contributed by atoms with Crippen molar-refractivity contribution in [2.75, 3.05) is 13.6 Å². The molecule has 0 radical (unpaired) electrons. The van der Waals surface area contributed by atoms with E-state index < -0.39 is 5.97 Å². The lowest BCUT2D eigenvalue weighted by molar-refractivity contribution is -0.137. The van der Waals surface area contributed by atoms with Gasteiger partial charge in [0.05, 0.1) is 0 Å². The van der Waals surface area contributed by atoms with Crippen LogP contribution in [0.2, 0.25) is 0 Å². The molecule has 0 aromatic heterocycles. The van der Waals surface area contributed by atoms with E-state index in [2.05, 4.69) is 18.9 Å². The van der Waals surface area contributed by atoms with Gasteiger partial charge < -0.3 is 10.0 Å². The van der Waals surface area contributed by atoms with E-state index in [0.717, 1.165) is 18.9 Å². The molecule has 3 heteroatoms. The summed E-state index contributed by atoms with van der Waals surface area (Å²) < 4.78 is 0. The molecule has 0 bridgehead atoms. The number of carbonyl (C=O) groups is 1. The molecule has 1 atom stereocenters. The summed E-state index contributed by atoms with van der Waals surface area (Å²) >= 11 is 0. The Kier molecular flexibility index (Phi) is 5.09. The maximum atomic E-state index is 10.4. The summed E-state index contributed by atoms with van der Waals surface area (Å²) in [6, 6.07) is 0.612. The Labute approximate surface area is 92.5 Å². The summed E-state index contributed by atoms with van der Waals surface area (Å²) in [5.41, 5.74) is 0. The average molecular weight is 213 g/mol. The highest BCUT2D eigenvalue weighted by molar-refractivity contribution is 5.66. The van der Waals surface area contributed by atoms with Crippen molar-refractivity contribution in [3.8, 4) is 0 Å². The van der Waals surface area contributed by atoms with Crippen LogP contribution in [0, 0.1) is 5.92 Å². The number of hydrogen-bond donors (Lipinski definition) is 1. The molecule has 0 aliphatic heterocycles. The number of carboxylic acid groups (broad SMARTS) is 1. The van der Waals surface area contributed by atoms with Crippen LogP contribution in [-0.2, 0) is 4.79 Å². The van der Waals surface area contributed by atoms with Gasteiger partial charge >= 0.3 is 5.97 Å². The molecule has 1 rings (SSSR count). The van der Waals surface area contributed by atoms with Crippen LogP contribution >= 0.6 is 0 Å². The average Bonchev–Trinajstić information content (AvgIpc) is 2.68. The molecule has 3 nitrogen and oxygen atoms in total. The molecule has 1 aliphatic rings. The molecule has 0 amide bonds. The van der Waals surface area contributed by atoms with Crippen LogP contribution in [-0.4, -0.2) is 35.6 Å². The lowest BCUT2D eigenvalue weighted by atomic mass is 9.98. The third-order valence-corrected chi connectivity index (χ3v) is 3.68. The summed E-state index contributed by atoms with van der Waals surface area (Å²) in [6.45, 7) is 3.18. The summed E-state index contributed by atoms with van der Waals surface area (Å²) in [7, 11) is 2.12. The van der Waals surface area contributed by atoms with Crippen molar-refractivity contribution in [3.63, 3.8) is 0 Å². The predicted octanol–water partition coefficient (Wildman–Crippen LogP) is 2.36. The second kappa shape index (κ2) is 6.11. The van der Waals surface area contributed by atoms with Gasteiger partial charge in [0, 0.05) is 12.5 Å². The number of hydrogen-bond acceptors (Lipinski definition) is 2. The van der Waals surface area contributed by atoms with Crippen LogP contribution in [0.1, 0.15) is 45.4 Å². The highest BCUT2D eigenvalue weighted by Crippen LogP contribution is 2.29. The highest BCUT2D eigenvalue weighted by atomic mass is 16.4. The van der Waals surface area contributed by atoms with Crippen molar-refractivity contribution < 1.29 is 9.90 Å². The van der Waals surface area contributed by atoms with Gasteiger partial charge in [0.1, 0.15) is 0 Å². The summed E-state index contributed by atoms with van der Waals surface area (Å²) in [5, 5.41) is 8.56. The largest absolute Gasteiger partial charge is 0.481 e. The lowest BCUT2D eigenvalue weighted by Crippen LogP contribution is -2.35. The van der Waals surface area contributed by atoms with E-state index in [1.807, 2.05) is 0 Å². The van der Waals surface area contributed by atoms with Gasteiger partial charge in [0.15, 0.2) is 0 Å². The Morgan fingerprint density at radius 2 is 2.07 bits per heavy atom. The van der Waals surface area contributed by atoms with Gasteiger partial charge in [-0.2, -0.15) is 0 Å². The molecule has 1 aliphatic carbocycles. The van der Waals surface area contributed by atoms with Crippen molar-refractivity contribution in [3.05, 3.63) is 0 Å². The van der Waals surface area contributed by atoms with E-state index >= 15 is 0 Å². The molecule has 1 fully saturated rings. The Morgan fingerprint density at radius 1 is 1.47 bits per heavy atom. The van der Waals surface area contributed by atoms with Crippen LogP contribution in [0.25, 0.3) is 0 Å². The fraction of sp³-hybridized carbons (Fsp3) is 0.917. The maximum Gasteiger partial charge on any atom is 0.303 e. The van der Waals surface area contributed by atoms with E-state index in [-0.39, 0.29) is 0 Å². The second-order valence-electron chi connectivity index (χ2n) is 4.76. The van der Waals surface area contributed by atoms with Crippen molar-refractivity contribution >= 4 is 5.97 Å². The minimum absolute atomic E-state index is 0.293.